The van der Waals surface area contributed by atoms with Crippen molar-refractivity contribution in [2.75, 3.05) is 28.4 Å². The number of alkyl halides is 3. The number of benzene rings is 6. The topological polar surface area (TPSA) is 70.6 Å². The van der Waals surface area contributed by atoms with Gasteiger partial charge in [0, 0.05) is 27.1 Å². The Morgan fingerprint density at radius 3 is 1.38 bits per heavy atom. The molecule has 53 heavy (non-hydrogen) atoms. The standard InChI is InChI=1S/C43H32F3N3O4/c1-24-16-25(18-26(17-24)43(44,45)46)31-10-15-41(48-37-11-6-27(50-2)19-32(37)33-20-28(51-3)7-12-38(33)48)36(23-47)42(31)49-39-13-8-29(52-4)21-34(39)35-22-30(53-5)9-14-40(35)49/h6-22H,1-5H3. The summed E-state index contributed by atoms with van der Waals surface area (Å²) in [5, 5.41) is 14.7. The third-order valence-corrected chi connectivity index (χ3v) is 9.81. The average Bonchev–Trinajstić information content (AvgIpc) is 3.67. The van der Waals surface area contributed by atoms with E-state index in [2.05, 4.69) is 6.07 Å². The molecule has 264 valence electrons. The van der Waals surface area contributed by atoms with E-state index in [1.54, 1.807) is 53.6 Å². The van der Waals surface area contributed by atoms with Crippen LogP contribution in [0.2, 0.25) is 0 Å². The summed E-state index contributed by atoms with van der Waals surface area (Å²) in [4.78, 5) is 0. The highest BCUT2D eigenvalue weighted by Gasteiger charge is 2.32. The Kier molecular flexibility index (Phi) is 7.95. The molecule has 0 amide bonds. The summed E-state index contributed by atoms with van der Waals surface area (Å²) in [7, 11) is 6.38. The van der Waals surface area contributed by atoms with Crippen LogP contribution in [0.4, 0.5) is 13.2 Å². The Balaban J connectivity index is 1.56. The van der Waals surface area contributed by atoms with Crippen molar-refractivity contribution in [3.05, 3.63) is 120 Å². The van der Waals surface area contributed by atoms with E-state index in [9.17, 15) is 18.4 Å². The molecule has 7 nitrogen and oxygen atoms in total. The van der Waals surface area contributed by atoms with E-state index in [1.807, 2.05) is 81.9 Å². The maximum absolute atomic E-state index is 14.3. The van der Waals surface area contributed by atoms with Crippen LogP contribution < -0.4 is 18.9 Å². The number of nitriles is 1. The van der Waals surface area contributed by atoms with E-state index in [0.717, 1.165) is 55.7 Å². The van der Waals surface area contributed by atoms with Crippen LogP contribution in [0.3, 0.4) is 0 Å². The third kappa shape index (κ3) is 5.35. The Morgan fingerprint density at radius 1 is 0.547 bits per heavy atom. The van der Waals surface area contributed by atoms with Crippen LogP contribution in [0.25, 0.3) is 66.1 Å². The summed E-state index contributed by atoms with van der Waals surface area (Å²) in [6.07, 6.45) is -4.58. The van der Waals surface area contributed by atoms with Gasteiger partial charge in [0.25, 0.3) is 0 Å². The van der Waals surface area contributed by atoms with Crippen molar-refractivity contribution in [2.24, 2.45) is 0 Å². The zero-order chi connectivity index (χ0) is 37.2. The second-order valence-corrected chi connectivity index (χ2v) is 12.8. The van der Waals surface area contributed by atoms with Crippen molar-refractivity contribution in [1.82, 2.24) is 9.13 Å². The molecule has 2 heterocycles. The Labute approximate surface area is 302 Å². The molecule has 0 spiro atoms. The van der Waals surface area contributed by atoms with Crippen molar-refractivity contribution >= 4 is 43.6 Å². The van der Waals surface area contributed by atoms with Gasteiger partial charge in [-0.2, -0.15) is 18.4 Å². The van der Waals surface area contributed by atoms with E-state index in [1.165, 1.54) is 0 Å². The molecule has 6 aromatic carbocycles. The number of nitrogens with zero attached hydrogens (tertiary/aromatic N) is 3. The Morgan fingerprint density at radius 2 is 0.981 bits per heavy atom. The molecule has 2 aromatic heterocycles. The number of rotatable bonds is 7. The summed E-state index contributed by atoms with van der Waals surface area (Å²) >= 11 is 0. The fourth-order valence-corrected chi connectivity index (χ4v) is 7.42. The lowest BCUT2D eigenvalue weighted by molar-refractivity contribution is -0.137. The predicted octanol–water partition coefficient (Wildman–Crippen LogP) is 10.8. The molecule has 0 fully saturated rings. The number of ether oxygens (including phenoxy) is 4. The van der Waals surface area contributed by atoms with Crippen LogP contribution in [-0.4, -0.2) is 37.6 Å². The molecule has 8 aromatic rings. The number of methoxy groups -OCH3 is 4. The monoisotopic (exact) mass is 711 g/mol. The Hall–Kier alpha value is -6.60. The summed E-state index contributed by atoms with van der Waals surface area (Å²) in [6.45, 7) is 1.64. The molecule has 0 atom stereocenters. The maximum atomic E-state index is 14.3. The number of aromatic nitrogens is 2. The average molecular weight is 712 g/mol. The van der Waals surface area contributed by atoms with Crippen molar-refractivity contribution < 1.29 is 32.1 Å². The van der Waals surface area contributed by atoms with Crippen molar-refractivity contribution in [2.45, 2.75) is 13.1 Å². The number of hydrogen-bond donors (Lipinski definition) is 0. The van der Waals surface area contributed by atoms with Gasteiger partial charge < -0.3 is 28.1 Å². The SMILES string of the molecule is COc1ccc2c(c1)c1cc(OC)ccc1n2-c1ccc(-c2cc(C)cc(C(F)(F)F)c2)c(-n2c3ccc(OC)cc3c3cc(OC)ccc32)c1C#N. The smallest absolute Gasteiger partial charge is 0.416 e. The van der Waals surface area contributed by atoms with E-state index >= 15 is 0 Å². The fourth-order valence-electron chi connectivity index (χ4n) is 7.42. The highest BCUT2D eigenvalue weighted by molar-refractivity contribution is 6.12. The number of aryl methyl sites for hydroxylation is 1. The maximum Gasteiger partial charge on any atom is 0.416 e. The first kappa shape index (κ1) is 33.5. The molecule has 0 aliphatic heterocycles. The molecule has 0 aliphatic rings. The first-order valence-electron chi connectivity index (χ1n) is 16.7. The second-order valence-electron chi connectivity index (χ2n) is 12.8. The lowest BCUT2D eigenvalue weighted by Crippen LogP contribution is -2.08. The molecule has 10 heteroatoms. The van der Waals surface area contributed by atoms with Gasteiger partial charge in [0.05, 0.1) is 67.4 Å². The molecule has 0 saturated heterocycles. The minimum atomic E-state index is -4.58. The van der Waals surface area contributed by atoms with Crippen molar-refractivity contribution in [3.63, 3.8) is 0 Å². The minimum Gasteiger partial charge on any atom is -0.497 e. The molecule has 0 radical (unpaired) electrons. The van der Waals surface area contributed by atoms with Gasteiger partial charge in [-0.05, 0) is 109 Å². The van der Waals surface area contributed by atoms with Crippen LogP contribution in [0.5, 0.6) is 23.0 Å². The summed E-state index contributed by atoms with van der Waals surface area (Å²) in [5.74, 6) is 2.57. The second kappa shape index (κ2) is 12.6. The zero-order valence-corrected chi connectivity index (χ0v) is 29.4. The third-order valence-electron chi connectivity index (χ3n) is 9.81. The Bertz CT molecular complexity index is 2690. The van der Waals surface area contributed by atoms with Crippen molar-refractivity contribution in [3.8, 4) is 51.6 Å². The molecular weight excluding hydrogens is 679 g/mol. The molecule has 0 saturated carbocycles. The van der Waals surface area contributed by atoms with Crippen LogP contribution in [0.15, 0.2) is 103 Å². The zero-order valence-electron chi connectivity index (χ0n) is 29.4. The largest absolute Gasteiger partial charge is 0.497 e. The first-order chi connectivity index (χ1) is 25.6. The van der Waals surface area contributed by atoms with Gasteiger partial charge in [-0.1, -0.05) is 12.1 Å². The van der Waals surface area contributed by atoms with E-state index in [-0.39, 0.29) is 5.56 Å². The molecule has 0 aliphatic carbocycles. The molecule has 8 rings (SSSR count). The molecule has 0 unspecified atom stereocenters. The predicted molar refractivity (Wildman–Crippen MR) is 201 cm³/mol. The highest BCUT2D eigenvalue weighted by atomic mass is 19.4. The van der Waals surface area contributed by atoms with Crippen LogP contribution in [0, 0.1) is 18.3 Å². The minimum absolute atomic E-state index is 0.258. The van der Waals surface area contributed by atoms with Gasteiger partial charge in [-0.3, -0.25) is 0 Å². The lowest BCUT2D eigenvalue weighted by Gasteiger charge is -2.21. The van der Waals surface area contributed by atoms with Crippen LogP contribution in [0.1, 0.15) is 16.7 Å². The van der Waals surface area contributed by atoms with E-state index < -0.39 is 11.7 Å². The van der Waals surface area contributed by atoms with Crippen LogP contribution in [-0.2, 0) is 6.18 Å². The van der Waals surface area contributed by atoms with Gasteiger partial charge >= 0.3 is 6.18 Å². The fraction of sp³-hybridized carbons (Fsp3) is 0.140. The van der Waals surface area contributed by atoms with Gasteiger partial charge in [-0.25, -0.2) is 0 Å². The van der Waals surface area contributed by atoms with Crippen molar-refractivity contribution in [1.29, 1.82) is 5.26 Å². The number of halogens is 3. The molecule has 0 bridgehead atoms. The van der Waals surface area contributed by atoms with Gasteiger partial charge in [0.15, 0.2) is 0 Å². The van der Waals surface area contributed by atoms with E-state index in [4.69, 9.17) is 18.9 Å². The van der Waals surface area contributed by atoms with Gasteiger partial charge in [0.1, 0.15) is 34.6 Å². The van der Waals surface area contributed by atoms with Gasteiger partial charge in [0.2, 0.25) is 0 Å². The normalized spacial score (nSPS) is 11.8. The highest BCUT2D eigenvalue weighted by Crippen LogP contribution is 2.45. The number of fused-ring (bicyclic) bond motifs is 6. The lowest BCUT2D eigenvalue weighted by atomic mass is 9.95. The summed E-state index contributed by atoms with van der Waals surface area (Å²) in [5.41, 5.74) is 4.72. The summed E-state index contributed by atoms with van der Waals surface area (Å²) in [6, 6.07) is 32.8. The first-order valence-corrected chi connectivity index (χ1v) is 16.7. The number of hydrogen-bond acceptors (Lipinski definition) is 5. The molecule has 0 N–H and O–H groups in total. The molecular formula is C43H32F3N3O4. The quantitative estimate of drug-likeness (QED) is 0.165. The van der Waals surface area contributed by atoms with E-state index in [0.29, 0.717) is 51.1 Å². The van der Waals surface area contributed by atoms with Gasteiger partial charge in [-0.15, -0.1) is 0 Å². The van der Waals surface area contributed by atoms with Crippen LogP contribution >= 0.6 is 0 Å². The summed E-state index contributed by atoms with van der Waals surface area (Å²) < 4.78 is 69.2.